The zero-order valence-corrected chi connectivity index (χ0v) is 11.5. The fourth-order valence-electron chi connectivity index (χ4n) is 2.75. The second-order valence-corrected chi connectivity index (χ2v) is 5.48. The molecule has 0 spiro atoms. The molecule has 1 rings (SSSR count). The van der Waals surface area contributed by atoms with E-state index in [1.165, 1.54) is 19.3 Å². The Morgan fingerprint density at radius 3 is 2.12 bits per heavy atom. The fraction of sp³-hybridized carbons (Fsp3) is 0.929. The molecule has 1 fully saturated rings. The summed E-state index contributed by atoms with van der Waals surface area (Å²) in [6.45, 7) is 6.00. The third kappa shape index (κ3) is 4.66. The molecule has 0 aliphatic heterocycles. The van der Waals surface area contributed by atoms with E-state index >= 15 is 0 Å². The van der Waals surface area contributed by atoms with Crippen molar-refractivity contribution in [2.75, 3.05) is 13.1 Å². The van der Waals surface area contributed by atoms with Gasteiger partial charge in [0.05, 0.1) is 0 Å². The average Bonchev–Trinajstić information content (AvgIpc) is 2.29. The van der Waals surface area contributed by atoms with Gasteiger partial charge in [-0.15, -0.1) is 0 Å². The van der Waals surface area contributed by atoms with E-state index in [-0.39, 0.29) is 11.4 Å². The van der Waals surface area contributed by atoms with Gasteiger partial charge in [0, 0.05) is 25.0 Å². The minimum absolute atomic E-state index is 0.213. The highest BCUT2D eigenvalue weighted by Gasteiger charge is 2.31. The Bertz CT molecular complexity index is 228. The van der Waals surface area contributed by atoms with Crippen molar-refractivity contribution < 1.29 is 4.79 Å². The highest BCUT2D eigenvalue weighted by atomic mass is 16.2. The number of nitrogens with zero attached hydrogens (tertiary/aromatic N) is 1. The molecule has 0 aromatic heterocycles. The highest BCUT2D eigenvalue weighted by Crippen LogP contribution is 2.29. The summed E-state index contributed by atoms with van der Waals surface area (Å²) < 4.78 is 0. The predicted octanol–water partition coefficient (Wildman–Crippen LogP) is 2.69. The first-order chi connectivity index (χ1) is 8.11. The summed E-state index contributed by atoms with van der Waals surface area (Å²) in [5.41, 5.74) is 6.13. The van der Waals surface area contributed by atoms with Crippen LogP contribution in [0.3, 0.4) is 0 Å². The largest absolute Gasteiger partial charge is 0.343 e. The monoisotopic (exact) mass is 240 g/mol. The van der Waals surface area contributed by atoms with Gasteiger partial charge in [0.25, 0.3) is 0 Å². The van der Waals surface area contributed by atoms with Crippen LogP contribution < -0.4 is 5.73 Å². The lowest BCUT2D eigenvalue weighted by Gasteiger charge is -2.34. The van der Waals surface area contributed by atoms with Gasteiger partial charge < -0.3 is 10.6 Å². The maximum atomic E-state index is 12.2. The summed E-state index contributed by atoms with van der Waals surface area (Å²) in [5.74, 6) is 0.262. The molecule has 0 aromatic carbocycles. The van der Waals surface area contributed by atoms with Crippen LogP contribution in [0.1, 0.15) is 65.2 Å². The zero-order valence-electron chi connectivity index (χ0n) is 11.5. The third-order valence-electron chi connectivity index (χ3n) is 3.69. The first-order valence-electron chi connectivity index (χ1n) is 7.18. The number of nitrogens with two attached hydrogens (primary N) is 1. The minimum Gasteiger partial charge on any atom is -0.343 e. The number of carbonyl (C=O) groups is 1. The summed E-state index contributed by atoms with van der Waals surface area (Å²) in [7, 11) is 0. The van der Waals surface area contributed by atoms with Gasteiger partial charge in [0.15, 0.2) is 0 Å². The number of hydrogen-bond acceptors (Lipinski definition) is 2. The molecule has 0 saturated heterocycles. The zero-order chi connectivity index (χ0) is 12.7. The SMILES string of the molecule is CCCN(CCC)C(=O)CC1(N)CCCCC1. The van der Waals surface area contributed by atoms with E-state index in [1.807, 2.05) is 4.90 Å². The molecule has 3 nitrogen and oxygen atoms in total. The molecular weight excluding hydrogens is 212 g/mol. The molecule has 0 radical (unpaired) electrons. The molecule has 3 heteroatoms. The van der Waals surface area contributed by atoms with Gasteiger partial charge in [-0.25, -0.2) is 0 Å². The Morgan fingerprint density at radius 2 is 1.65 bits per heavy atom. The van der Waals surface area contributed by atoms with Crippen LogP contribution in [0.25, 0.3) is 0 Å². The molecule has 17 heavy (non-hydrogen) atoms. The van der Waals surface area contributed by atoms with Gasteiger partial charge in [0.2, 0.25) is 5.91 Å². The van der Waals surface area contributed by atoms with Crippen LogP contribution in [-0.4, -0.2) is 29.4 Å². The molecule has 2 N–H and O–H groups in total. The topological polar surface area (TPSA) is 46.3 Å². The predicted molar refractivity (Wildman–Crippen MR) is 71.8 cm³/mol. The lowest BCUT2D eigenvalue weighted by atomic mass is 9.80. The standard InChI is InChI=1S/C14H28N2O/c1-3-10-16(11-4-2)13(17)12-14(15)8-6-5-7-9-14/h3-12,15H2,1-2H3. The molecule has 0 bridgehead atoms. The maximum Gasteiger partial charge on any atom is 0.224 e. The van der Waals surface area contributed by atoms with Crippen molar-refractivity contribution in [3.05, 3.63) is 0 Å². The lowest BCUT2D eigenvalue weighted by molar-refractivity contribution is -0.132. The van der Waals surface area contributed by atoms with Crippen LogP contribution in [0.5, 0.6) is 0 Å². The van der Waals surface area contributed by atoms with Crippen molar-refractivity contribution in [3.8, 4) is 0 Å². The van der Waals surface area contributed by atoms with Gasteiger partial charge in [-0.2, -0.15) is 0 Å². The molecule has 1 aliphatic carbocycles. The fourth-order valence-corrected chi connectivity index (χ4v) is 2.75. The molecule has 0 aromatic rings. The van der Waals surface area contributed by atoms with E-state index in [0.717, 1.165) is 38.8 Å². The Hall–Kier alpha value is -0.570. The molecule has 100 valence electrons. The van der Waals surface area contributed by atoms with E-state index < -0.39 is 0 Å². The van der Waals surface area contributed by atoms with Gasteiger partial charge in [-0.05, 0) is 25.7 Å². The van der Waals surface area contributed by atoms with Crippen molar-refractivity contribution in [1.29, 1.82) is 0 Å². The Morgan fingerprint density at radius 1 is 1.12 bits per heavy atom. The molecule has 0 unspecified atom stereocenters. The summed E-state index contributed by atoms with van der Waals surface area (Å²) in [5, 5.41) is 0. The normalized spacial score (nSPS) is 19.0. The van der Waals surface area contributed by atoms with Crippen molar-refractivity contribution in [3.63, 3.8) is 0 Å². The van der Waals surface area contributed by atoms with Crippen LogP contribution in [-0.2, 0) is 4.79 Å². The summed E-state index contributed by atoms with van der Waals surface area (Å²) in [4.78, 5) is 14.2. The molecular formula is C14H28N2O. The minimum atomic E-state index is -0.213. The van der Waals surface area contributed by atoms with Crippen molar-refractivity contribution in [1.82, 2.24) is 4.90 Å². The Kier molecular flexibility index (Phi) is 5.96. The highest BCUT2D eigenvalue weighted by molar-refractivity contribution is 5.77. The van der Waals surface area contributed by atoms with E-state index in [0.29, 0.717) is 6.42 Å². The van der Waals surface area contributed by atoms with Crippen LogP contribution in [0.15, 0.2) is 0 Å². The van der Waals surface area contributed by atoms with E-state index in [1.54, 1.807) is 0 Å². The number of hydrogen-bond donors (Lipinski definition) is 1. The van der Waals surface area contributed by atoms with Gasteiger partial charge in [-0.3, -0.25) is 4.79 Å². The van der Waals surface area contributed by atoms with Crippen molar-refractivity contribution >= 4 is 5.91 Å². The molecule has 1 aliphatic rings. The third-order valence-corrected chi connectivity index (χ3v) is 3.69. The van der Waals surface area contributed by atoms with Gasteiger partial charge >= 0.3 is 0 Å². The first-order valence-corrected chi connectivity index (χ1v) is 7.18. The van der Waals surface area contributed by atoms with Crippen LogP contribution in [0, 0.1) is 0 Å². The molecule has 0 heterocycles. The quantitative estimate of drug-likeness (QED) is 0.776. The Balaban J connectivity index is 2.49. The van der Waals surface area contributed by atoms with E-state index in [9.17, 15) is 4.79 Å². The van der Waals surface area contributed by atoms with E-state index in [4.69, 9.17) is 5.73 Å². The van der Waals surface area contributed by atoms with Crippen LogP contribution in [0.4, 0.5) is 0 Å². The average molecular weight is 240 g/mol. The smallest absolute Gasteiger partial charge is 0.224 e. The van der Waals surface area contributed by atoms with Crippen molar-refractivity contribution in [2.45, 2.75) is 70.8 Å². The lowest BCUT2D eigenvalue weighted by Crippen LogP contribution is -2.47. The van der Waals surface area contributed by atoms with E-state index in [2.05, 4.69) is 13.8 Å². The van der Waals surface area contributed by atoms with Gasteiger partial charge in [0.1, 0.15) is 0 Å². The second-order valence-electron chi connectivity index (χ2n) is 5.48. The number of carbonyl (C=O) groups excluding carboxylic acids is 1. The molecule has 1 amide bonds. The summed E-state index contributed by atoms with van der Waals surface area (Å²) >= 11 is 0. The van der Waals surface area contributed by atoms with Crippen LogP contribution >= 0.6 is 0 Å². The van der Waals surface area contributed by atoms with Crippen LogP contribution in [0.2, 0.25) is 0 Å². The second kappa shape index (κ2) is 7.00. The molecule has 1 saturated carbocycles. The maximum absolute atomic E-state index is 12.2. The van der Waals surface area contributed by atoms with Crippen molar-refractivity contribution in [2.24, 2.45) is 5.73 Å². The molecule has 0 atom stereocenters. The first kappa shape index (κ1) is 14.5. The summed E-state index contributed by atoms with van der Waals surface area (Å²) in [6.07, 6.45) is 8.30. The van der Waals surface area contributed by atoms with Gasteiger partial charge in [-0.1, -0.05) is 33.1 Å². The Labute approximate surface area is 106 Å². The number of amides is 1. The number of rotatable bonds is 6. The summed E-state index contributed by atoms with van der Waals surface area (Å²) in [6, 6.07) is 0.